The van der Waals surface area contributed by atoms with Crippen LogP contribution in [0, 0.1) is 20.8 Å². The molecule has 1 rings (SSSR count). The summed E-state index contributed by atoms with van der Waals surface area (Å²) in [7, 11) is 0. The fourth-order valence-corrected chi connectivity index (χ4v) is 2.11. The number of phenols is 1. The molecule has 0 saturated heterocycles. The molecule has 3 nitrogen and oxygen atoms in total. The van der Waals surface area contributed by atoms with Crippen molar-refractivity contribution in [2.24, 2.45) is 0 Å². The highest BCUT2D eigenvalue weighted by Gasteiger charge is 2.16. The third kappa shape index (κ3) is 2.15. The first-order valence-electron chi connectivity index (χ1n) is 4.55. The number of hydrogen-bond acceptors (Lipinski definition) is 2. The molecule has 0 fully saturated rings. The van der Waals surface area contributed by atoms with Crippen LogP contribution in [0.25, 0.3) is 0 Å². The molecule has 1 aromatic carbocycles. The summed E-state index contributed by atoms with van der Waals surface area (Å²) in [5.74, 6) is -0.669. The zero-order valence-corrected chi connectivity index (χ0v) is 10.5. The van der Waals surface area contributed by atoms with E-state index in [1.165, 1.54) is 0 Å². The molecule has 0 aliphatic heterocycles. The molecule has 0 aliphatic carbocycles. The first kappa shape index (κ1) is 12.0. The number of carboxylic acid groups (broad SMARTS) is 1. The highest BCUT2D eigenvalue weighted by molar-refractivity contribution is 9.10. The van der Waals surface area contributed by atoms with Crippen LogP contribution in [0.3, 0.4) is 0 Å². The summed E-state index contributed by atoms with van der Waals surface area (Å²) in [5.41, 5.74) is 3.13. The van der Waals surface area contributed by atoms with Crippen molar-refractivity contribution in [1.29, 1.82) is 0 Å². The highest BCUT2D eigenvalue weighted by atomic mass is 79.9. The molecule has 0 bridgehead atoms. The number of benzene rings is 1. The predicted molar refractivity (Wildman–Crippen MR) is 61.4 cm³/mol. The average molecular weight is 273 g/mol. The summed E-state index contributed by atoms with van der Waals surface area (Å²) in [6.45, 7) is 5.40. The summed E-state index contributed by atoms with van der Waals surface area (Å²) in [6.07, 6.45) is -0.0165. The van der Waals surface area contributed by atoms with Crippen molar-refractivity contribution >= 4 is 21.9 Å². The van der Waals surface area contributed by atoms with Gasteiger partial charge >= 0.3 is 5.97 Å². The van der Waals surface area contributed by atoms with E-state index in [1.807, 2.05) is 6.92 Å². The smallest absolute Gasteiger partial charge is 0.307 e. The third-order valence-electron chi connectivity index (χ3n) is 2.69. The van der Waals surface area contributed by atoms with E-state index in [9.17, 15) is 9.90 Å². The summed E-state index contributed by atoms with van der Waals surface area (Å²) >= 11 is 3.26. The van der Waals surface area contributed by atoms with Gasteiger partial charge in [-0.25, -0.2) is 0 Å². The minimum atomic E-state index is -0.863. The van der Waals surface area contributed by atoms with Crippen molar-refractivity contribution in [2.45, 2.75) is 27.2 Å². The quantitative estimate of drug-likeness (QED) is 0.871. The minimum Gasteiger partial charge on any atom is -0.506 e. The number of aromatic hydroxyl groups is 1. The van der Waals surface area contributed by atoms with Gasteiger partial charge in [0.05, 0.1) is 10.9 Å². The summed E-state index contributed by atoms with van der Waals surface area (Å²) in [6, 6.07) is 0. The van der Waals surface area contributed by atoms with Crippen LogP contribution in [0.5, 0.6) is 5.75 Å². The molecular weight excluding hydrogens is 260 g/mol. The Hall–Kier alpha value is -1.03. The second kappa shape index (κ2) is 4.23. The Kier molecular flexibility index (Phi) is 3.39. The van der Waals surface area contributed by atoms with Gasteiger partial charge in [-0.05, 0) is 59.0 Å². The number of carbonyl (C=O) groups is 1. The molecule has 0 aliphatic rings. The van der Waals surface area contributed by atoms with Crippen molar-refractivity contribution in [3.63, 3.8) is 0 Å². The van der Waals surface area contributed by atoms with Crippen LogP contribution in [-0.4, -0.2) is 16.2 Å². The Morgan fingerprint density at radius 1 is 1.20 bits per heavy atom. The SMILES string of the molecule is Cc1c(C)c(CC(=O)O)c(C)c(Br)c1O. The Morgan fingerprint density at radius 3 is 2.20 bits per heavy atom. The number of phenolic OH excluding ortho intramolecular Hbond substituents is 1. The van der Waals surface area contributed by atoms with Gasteiger partial charge < -0.3 is 10.2 Å². The normalized spacial score (nSPS) is 10.4. The molecule has 0 saturated carbocycles. The van der Waals surface area contributed by atoms with E-state index in [0.717, 1.165) is 22.3 Å². The maximum Gasteiger partial charge on any atom is 0.307 e. The van der Waals surface area contributed by atoms with Gasteiger partial charge in [0.15, 0.2) is 0 Å². The average Bonchev–Trinajstić information content (AvgIpc) is 2.18. The van der Waals surface area contributed by atoms with Gasteiger partial charge in [-0.15, -0.1) is 0 Å². The van der Waals surface area contributed by atoms with Crippen molar-refractivity contribution in [3.8, 4) is 5.75 Å². The molecule has 0 radical (unpaired) electrons. The van der Waals surface area contributed by atoms with E-state index >= 15 is 0 Å². The Balaban J connectivity index is 3.45. The molecule has 15 heavy (non-hydrogen) atoms. The Morgan fingerprint density at radius 2 is 1.73 bits per heavy atom. The van der Waals surface area contributed by atoms with Gasteiger partial charge in [-0.1, -0.05) is 0 Å². The second-order valence-electron chi connectivity index (χ2n) is 3.59. The van der Waals surface area contributed by atoms with Crippen molar-refractivity contribution in [2.75, 3.05) is 0 Å². The van der Waals surface area contributed by atoms with Gasteiger partial charge in [0.25, 0.3) is 0 Å². The molecule has 0 aromatic heterocycles. The molecule has 0 unspecified atom stereocenters. The fourth-order valence-electron chi connectivity index (χ4n) is 1.58. The number of halogens is 1. The van der Waals surface area contributed by atoms with Crippen LogP contribution in [0.1, 0.15) is 22.3 Å². The molecule has 0 heterocycles. The van der Waals surface area contributed by atoms with Crippen molar-refractivity contribution in [3.05, 3.63) is 26.7 Å². The monoisotopic (exact) mass is 272 g/mol. The van der Waals surface area contributed by atoms with Crippen LogP contribution in [0.15, 0.2) is 4.47 Å². The zero-order chi connectivity index (χ0) is 11.7. The lowest BCUT2D eigenvalue weighted by molar-refractivity contribution is -0.136. The summed E-state index contributed by atoms with van der Waals surface area (Å²) in [4.78, 5) is 10.7. The zero-order valence-electron chi connectivity index (χ0n) is 8.89. The molecule has 0 spiro atoms. The van der Waals surface area contributed by atoms with E-state index < -0.39 is 5.97 Å². The highest BCUT2D eigenvalue weighted by Crippen LogP contribution is 2.36. The first-order chi connectivity index (χ1) is 6.86. The van der Waals surface area contributed by atoms with Crippen molar-refractivity contribution < 1.29 is 15.0 Å². The molecule has 0 amide bonds. The van der Waals surface area contributed by atoms with Crippen LogP contribution in [-0.2, 0) is 11.2 Å². The second-order valence-corrected chi connectivity index (χ2v) is 4.38. The lowest BCUT2D eigenvalue weighted by Crippen LogP contribution is -2.06. The molecule has 0 atom stereocenters. The molecular formula is C11H13BrO3. The molecule has 2 N–H and O–H groups in total. The van der Waals surface area contributed by atoms with Gasteiger partial charge in [0.2, 0.25) is 0 Å². The number of rotatable bonds is 2. The van der Waals surface area contributed by atoms with Gasteiger partial charge in [-0.2, -0.15) is 0 Å². The van der Waals surface area contributed by atoms with E-state index in [-0.39, 0.29) is 12.2 Å². The van der Waals surface area contributed by atoms with Crippen LogP contribution < -0.4 is 0 Å². The molecule has 1 aromatic rings. The number of carboxylic acids is 1. The first-order valence-corrected chi connectivity index (χ1v) is 5.34. The number of aliphatic carboxylic acids is 1. The number of hydrogen-bond donors (Lipinski definition) is 2. The third-order valence-corrected chi connectivity index (χ3v) is 3.66. The van der Waals surface area contributed by atoms with Gasteiger partial charge in [-0.3, -0.25) is 4.79 Å². The summed E-state index contributed by atoms with van der Waals surface area (Å²) in [5, 5.41) is 18.5. The predicted octanol–water partition coefficient (Wildman–Crippen LogP) is 2.71. The Labute approximate surface area is 96.9 Å². The van der Waals surface area contributed by atoms with Crippen LogP contribution >= 0.6 is 15.9 Å². The topological polar surface area (TPSA) is 57.5 Å². The minimum absolute atomic E-state index is 0.0165. The van der Waals surface area contributed by atoms with E-state index in [4.69, 9.17) is 5.11 Å². The maximum absolute atomic E-state index is 10.7. The standard InChI is InChI=1S/C11H13BrO3/c1-5-6(2)11(15)10(12)7(3)8(5)4-9(13)14/h15H,4H2,1-3H3,(H,13,14). The van der Waals surface area contributed by atoms with E-state index in [0.29, 0.717) is 4.47 Å². The van der Waals surface area contributed by atoms with Gasteiger partial charge in [0.1, 0.15) is 5.75 Å². The lowest BCUT2D eigenvalue weighted by Gasteiger charge is -2.14. The van der Waals surface area contributed by atoms with Crippen molar-refractivity contribution in [1.82, 2.24) is 0 Å². The maximum atomic E-state index is 10.7. The van der Waals surface area contributed by atoms with Gasteiger partial charge in [0, 0.05) is 0 Å². The van der Waals surface area contributed by atoms with Crippen LogP contribution in [0.2, 0.25) is 0 Å². The lowest BCUT2D eigenvalue weighted by atomic mass is 9.95. The van der Waals surface area contributed by atoms with E-state index in [1.54, 1.807) is 13.8 Å². The Bertz CT molecular complexity index is 395. The largest absolute Gasteiger partial charge is 0.506 e. The van der Waals surface area contributed by atoms with Crippen LogP contribution in [0.4, 0.5) is 0 Å². The van der Waals surface area contributed by atoms with E-state index in [2.05, 4.69) is 15.9 Å². The molecule has 4 heteroatoms. The summed E-state index contributed by atoms with van der Waals surface area (Å²) < 4.78 is 0.585. The molecule has 82 valence electrons. The fraction of sp³-hybridized carbons (Fsp3) is 0.364.